The van der Waals surface area contributed by atoms with E-state index < -0.39 is 0 Å². The molecule has 3 rings (SSSR count). The van der Waals surface area contributed by atoms with Gasteiger partial charge in [-0.15, -0.1) is 5.10 Å². The lowest BCUT2D eigenvalue weighted by molar-refractivity contribution is 0.102. The third-order valence-corrected chi connectivity index (χ3v) is 4.58. The highest BCUT2D eigenvalue weighted by atomic mass is 32.2. The first-order valence-electron chi connectivity index (χ1n) is 8.03. The molecule has 0 N–H and O–H groups in total. The average molecular weight is 340 g/mol. The van der Waals surface area contributed by atoms with E-state index in [1.807, 2.05) is 44.2 Å². The standard InChI is InChI=1S/C18H20N4OS/c1-4-5-14-6-8-15(9-7-14)16(23)11-24-18-20-17-19-12(2)10-13(3)22(17)21-18/h6-10H,4-5,11H2,1-3H3. The van der Waals surface area contributed by atoms with Crippen LogP contribution in [0.5, 0.6) is 0 Å². The molecule has 124 valence electrons. The van der Waals surface area contributed by atoms with Crippen LogP contribution >= 0.6 is 11.8 Å². The minimum absolute atomic E-state index is 0.0859. The Morgan fingerprint density at radius 1 is 1.17 bits per heavy atom. The number of aryl methyl sites for hydroxylation is 3. The quantitative estimate of drug-likeness (QED) is 0.506. The van der Waals surface area contributed by atoms with Crippen molar-refractivity contribution in [1.29, 1.82) is 0 Å². The molecule has 24 heavy (non-hydrogen) atoms. The van der Waals surface area contributed by atoms with Crippen LogP contribution in [-0.4, -0.2) is 31.1 Å². The number of ketones is 1. The highest BCUT2D eigenvalue weighted by molar-refractivity contribution is 7.99. The zero-order chi connectivity index (χ0) is 17.1. The van der Waals surface area contributed by atoms with Crippen LogP contribution < -0.4 is 0 Å². The third-order valence-electron chi connectivity index (χ3n) is 3.75. The van der Waals surface area contributed by atoms with Gasteiger partial charge < -0.3 is 0 Å². The first-order valence-corrected chi connectivity index (χ1v) is 9.01. The van der Waals surface area contributed by atoms with E-state index in [0.717, 1.165) is 29.8 Å². The summed E-state index contributed by atoms with van der Waals surface area (Å²) in [6, 6.07) is 9.82. The molecular formula is C18H20N4OS. The van der Waals surface area contributed by atoms with Crippen LogP contribution in [-0.2, 0) is 6.42 Å². The van der Waals surface area contributed by atoms with Crippen LogP contribution in [0.2, 0.25) is 0 Å². The van der Waals surface area contributed by atoms with E-state index in [1.54, 1.807) is 4.52 Å². The summed E-state index contributed by atoms with van der Waals surface area (Å²) >= 11 is 1.35. The summed E-state index contributed by atoms with van der Waals surface area (Å²) < 4.78 is 1.71. The number of carbonyl (C=O) groups is 1. The van der Waals surface area contributed by atoms with Crippen molar-refractivity contribution in [3.8, 4) is 0 Å². The molecule has 0 amide bonds. The molecule has 0 aliphatic heterocycles. The van der Waals surface area contributed by atoms with Crippen LogP contribution in [0.3, 0.4) is 0 Å². The Balaban J connectivity index is 1.68. The molecule has 0 saturated heterocycles. The Bertz CT molecular complexity index is 871. The van der Waals surface area contributed by atoms with Gasteiger partial charge in [-0.3, -0.25) is 4.79 Å². The maximum Gasteiger partial charge on any atom is 0.253 e. The first kappa shape index (κ1) is 16.6. The third kappa shape index (κ3) is 3.64. The van der Waals surface area contributed by atoms with E-state index >= 15 is 0 Å². The zero-order valence-electron chi connectivity index (χ0n) is 14.1. The number of hydrogen-bond acceptors (Lipinski definition) is 5. The second-order valence-electron chi connectivity index (χ2n) is 5.80. The van der Waals surface area contributed by atoms with Gasteiger partial charge in [0.05, 0.1) is 5.75 Å². The van der Waals surface area contributed by atoms with Gasteiger partial charge in [-0.1, -0.05) is 49.4 Å². The number of Topliss-reactive ketones (excluding diaryl/α,β-unsaturated/α-hetero) is 1. The molecule has 0 unspecified atom stereocenters. The monoisotopic (exact) mass is 340 g/mol. The van der Waals surface area contributed by atoms with Crippen molar-refractivity contribution in [2.45, 2.75) is 38.8 Å². The largest absolute Gasteiger partial charge is 0.293 e. The van der Waals surface area contributed by atoms with E-state index in [-0.39, 0.29) is 5.78 Å². The molecule has 0 spiro atoms. The lowest BCUT2D eigenvalue weighted by atomic mass is 10.1. The predicted molar refractivity (Wildman–Crippen MR) is 95.7 cm³/mol. The van der Waals surface area contributed by atoms with Crippen molar-refractivity contribution in [1.82, 2.24) is 19.6 Å². The number of rotatable bonds is 6. The van der Waals surface area contributed by atoms with E-state index in [4.69, 9.17) is 0 Å². The highest BCUT2D eigenvalue weighted by Crippen LogP contribution is 2.17. The van der Waals surface area contributed by atoms with Crippen LogP contribution in [0.25, 0.3) is 5.78 Å². The van der Waals surface area contributed by atoms with Crippen LogP contribution in [0.1, 0.15) is 40.7 Å². The number of benzene rings is 1. The molecule has 0 fully saturated rings. The van der Waals surface area contributed by atoms with Gasteiger partial charge in [-0.05, 0) is 31.9 Å². The topological polar surface area (TPSA) is 60.2 Å². The van der Waals surface area contributed by atoms with Gasteiger partial charge in [-0.2, -0.15) is 4.98 Å². The van der Waals surface area contributed by atoms with Gasteiger partial charge in [0.1, 0.15) is 0 Å². The highest BCUT2D eigenvalue weighted by Gasteiger charge is 2.12. The van der Waals surface area contributed by atoms with Crippen molar-refractivity contribution < 1.29 is 4.79 Å². The summed E-state index contributed by atoms with van der Waals surface area (Å²) in [5.74, 6) is 0.983. The minimum atomic E-state index is 0.0859. The van der Waals surface area contributed by atoms with Gasteiger partial charge in [0.25, 0.3) is 5.78 Å². The summed E-state index contributed by atoms with van der Waals surface area (Å²) in [6.45, 7) is 6.05. The van der Waals surface area contributed by atoms with Gasteiger partial charge in [0.15, 0.2) is 5.78 Å². The van der Waals surface area contributed by atoms with E-state index in [1.165, 1.54) is 17.3 Å². The molecule has 2 heterocycles. The SMILES string of the molecule is CCCc1ccc(C(=O)CSc2nc3nc(C)cc(C)n3n2)cc1. The average Bonchev–Trinajstić information content (AvgIpc) is 2.97. The number of fused-ring (bicyclic) bond motifs is 1. The maximum atomic E-state index is 12.3. The van der Waals surface area contributed by atoms with Crippen LogP contribution in [0, 0.1) is 13.8 Å². The van der Waals surface area contributed by atoms with Crippen LogP contribution in [0.4, 0.5) is 0 Å². The van der Waals surface area contributed by atoms with E-state index in [9.17, 15) is 4.79 Å². The Hall–Kier alpha value is -2.21. The van der Waals surface area contributed by atoms with Gasteiger partial charge in [0, 0.05) is 17.0 Å². The molecule has 5 nitrogen and oxygen atoms in total. The Kier molecular flexibility index (Phi) is 4.94. The summed E-state index contributed by atoms with van der Waals surface area (Å²) in [6.07, 6.45) is 2.15. The van der Waals surface area contributed by atoms with Crippen molar-refractivity contribution in [3.05, 3.63) is 52.8 Å². The fourth-order valence-corrected chi connectivity index (χ4v) is 3.28. The predicted octanol–water partition coefficient (Wildman–Crippen LogP) is 3.67. The maximum absolute atomic E-state index is 12.3. The smallest absolute Gasteiger partial charge is 0.253 e. The van der Waals surface area contributed by atoms with E-state index in [0.29, 0.717) is 16.7 Å². The molecule has 0 aliphatic rings. The zero-order valence-corrected chi connectivity index (χ0v) is 14.9. The van der Waals surface area contributed by atoms with Crippen LogP contribution in [0.15, 0.2) is 35.5 Å². The summed E-state index contributed by atoms with van der Waals surface area (Å²) in [5, 5.41) is 4.99. The number of nitrogens with zero attached hydrogens (tertiary/aromatic N) is 4. The van der Waals surface area contributed by atoms with Crippen molar-refractivity contribution >= 4 is 23.3 Å². The van der Waals surface area contributed by atoms with E-state index in [2.05, 4.69) is 22.0 Å². The molecule has 6 heteroatoms. The first-order chi connectivity index (χ1) is 11.6. The molecule has 3 aromatic rings. The molecule has 0 radical (unpaired) electrons. The number of hydrogen-bond donors (Lipinski definition) is 0. The second kappa shape index (κ2) is 7.13. The lowest BCUT2D eigenvalue weighted by Crippen LogP contribution is -2.03. The van der Waals surface area contributed by atoms with Crippen molar-refractivity contribution in [3.63, 3.8) is 0 Å². The summed E-state index contributed by atoms with van der Waals surface area (Å²) in [5.41, 5.74) is 3.89. The molecular weight excluding hydrogens is 320 g/mol. The second-order valence-corrected chi connectivity index (χ2v) is 6.75. The van der Waals surface area contributed by atoms with Gasteiger partial charge in [-0.25, -0.2) is 9.50 Å². The molecule has 0 saturated carbocycles. The fraction of sp³-hybridized carbons (Fsp3) is 0.333. The normalized spacial score (nSPS) is 11.1. The number of carbonyl (C=O) groups excluding carboxylic acids is 1. The lowest BCUT2D eigenvalue weighted by Gasteiger charge is -2.02. The minimum Gasteiger partial charge on any atom is -0.293 e. The molecule has 2 aromatic heterocycles. The van der Waals surface area contributed by atoms with Gasteiger partial charge in [0.2, 0.25) is 5.16 Å². The number of thioether (sulfide) groups is 1. The molecule has 0 aliphatic carbocycles. The van der Waals surface area contributed by atoms with Gasteiger partial charge >= 0.3 is 0 Å². The number of aromatic nitrogens is 4. The van der Waals surface area contributed by atoms with Crippen molar-refractivity contribution in [2.75, 3.05) is 5.75 Å². The summed E-state index contributed by atoms with van der Waals surface area (Å²) in [4.78, 5) is 21.1. The molecule has 0 atom stereocenters. The Morgan fingerprint density at radius 2 is 1.92 bits per heavy atom. The fourth-order valence-electron chi connectivity index (χ4n) is 2.57. The molecule has 0 bridgehead atoms. The van der Waals surface area contributed by atoms with Crippen molar-refractivity contribution in [2.24, 2.45) is 0 Å². The summed E-state index contributed by atoms with van der Waals surface area (Å²) in [7, 11) is 0. The molecule has 1 aromatic carbocycles. The Labute approximate surface area is 145 Å². The Morgan fingerprint density at radius 3 is 2.62 bits per heavy atom.